The van der Waals surface area contributed by atoms with Gasteiger partial charge in [0, 0.05) is 7.05 Å². The number of benzene rings is 1. The van der Waals surface area contributed by atoms with Crippen LogP contribution in [0.15, 0.2) is 23.3 Å². The van der Waals surface area contributed by atoms with Crippen molar-refractivity contribution < 1.29 is 9.59 Å². The Balaban J connectivity index is 2.62. The van der Waals surface area contributed by atoms with Gasteiger partial charge in [0.05, 0.1) is 16.3 Å². The van der Waals surface area contributed by atoms with E-state index in [-0.39, 0.29) is 0 Å². The minimum atomic E-state index is -0.844. The Morgan fingerprint density at radius 3 is 2.53 bits per heavy atom. The van der Waals surface area contributed by atoms with Gasteiger partial charge in [0.1, 0.15) is 0 Å². The Labute approximate surface area is 108 Å². The molecule has 0 bridgehead atoms. The Hall–Kier alpha value is -1.59. The molecule has 0 aromatic heterocycles. The Morgan fingerprint density at radius 2 is 1.94 bits per heavy atom. The van der Waals surface area contributed by atoms with E-state index in [4.69, 9.17) is 23.2 Å². The first-order chi connectivity index (χ1) is 8.04. The molecule has 1 aromatic rings. The molecule has 0 heterocycles. The molecular weight excluding hydrogens is 265 g/mol. The van der Waals surface area contributed by atoms with Gasteiger partial charge in [0.15, 0.2) is 0 Å². The van der Waals surface area contributed by atoms with Crippen LogP contribution in [0.3, 0.4) is 0 Å². The molecule has 90 valence electrons. The summed E-state index contributed by atoms with van der Waals surface area (Å²) >= 11 is 11.5. The summed E-state index contributed by atoms with van der Waals surface area (Å²) in [6.07, 6.45) is 1.35. The molecule has 17 heavy (non-hydrogen) atoms. The predicted octanol–water partition coefficient (Wildman–Crippen LogP) is 1.19. The second-order valence-corrected chi connectivity index (χ2v) is 3.77. The summed E-state index contributed by atoms with van der Waals surface area (Å²) in [5, 5.41) is 6.57. The zero-order chi connectivity index (χ0) is 12.8. The highest BCUT2D eigenvalue weighted by atomic mass is 35.5. The molecule has 0 aliphatic rings. The fourth-order valence-electron chi connectivity index (χ4n) is 0.922. The first kappa shape index (κ1) is 13.5. The molecule has 0 unspecified atom stereocenters. The molecule has 0 saturated carbocycles. The molecule has 0 aliphatic carbocycles. The van der Waals surface area contributed by atoms with Crippen LogP contribution in [0.5, 0.6) is 0 Å². The van der Waals surface area contributed by atoms with Gasteiger partial charge >= 0.3 is 11.8 Å². The molecule has 0 aliphatic heterocycles. The Bertz CT molecular complexity index is 475. The van der Waals surface area contributed by atoms with E-state index in [1.165, 1.54) is 13.3 Å². The lowest BCUT2D eigenvalue weighted by atomic mass is 10.2. The highest BCUT2D eigenvalue weighted by molar-refractivity contribution is 6.42. The number of hydrogen-bond acceptors (Lipinski definition) is 3. The van der Waals surface area contributed by atoms with Crippen LogP contribution >= 0.6 is 23.2 Å². The summed E-state index contributed by atoms with van der Waals surface area (Å²) in [5.74, 6) is -1.61. The van der Waals surface area contributed by atoms with Gasteiger partial charge in [-0.25, -0.2) is 5.43 Å². The van der Waals surface area contributed by atoms with Crippen LogP contribution in [0.1, 0.15) is 5.56 Å². The van der Waals surface area contributed by atoms with Crippen LogP contribution in [0.25, 0.3) is 0 Å². The number of likely N-dealkylation sites (N-methyl/N-ethyl adjacent to an activating group) is 1. The zero-order valence-corrected chi connectivity index (χ0v) is 10.3. The van der Waals surface area contributed by atoms with Crippen molar-refractivity contribution in [1.82, 2.24) is 10.7 Å². The molecule has 5 nitrogen and oxygen atoms in total. The number of rotatable bonds is 2. The van der Waals surface area contributed by atoms with Crippen LogP contribution < -0.4 is 10.7 Å². The normalized spacial score (nSPS) is 10.3. The molecule has 0 saturated heterocycles. The van der Waals surface area contributed by atoms with Crippen LogP contribution in [-0.2, 0) is 9.59 Å². The first-order valence-electron chi connectivity index (χ1n) is 4.54. The van der Waals surface area contributed by atoms with E-state index in [1.54, 1.807) is 18.2 Å². The first-order valence-corrected chi connectivity index (χ1v) is 5.30. The SMILES string of the molecule is CNC(=O)C(=O)N/N=C/c1ccc(Cl)c(Cl)c1. The van der Waals surface area contributed by atoms with Gasteiger partial charge in [-0.3, -0.25) is 9.59 Å². The van der Waals surface area contributed by atoms with Crippen molar-refractivity contribution in [3.63, 3.8) is 0 Å². The highest BCUT2D eigenvalue weighted by Crippen LogP contribution is 2.21. The average molecular weight is 274 g/mol. The molecule has 1 rings (SSSR count). The summed E-state index contributed by atoms with van der Waals surface area (Å²) < 4.78 is 0. The maximum absolute atomic E-state index is 11.0. The maximum Gasteiger partial charge on any atom is 0.329 e. The molecule has 1 aromatic carbocycles. The van der Waals surface area contributed by atoms with Crippen molar-refractivity contribution in [2.24, 2.45) is 5.10 Å². The molecule has 0 atom stereocenters. The van der Waals surface area contributed by atoms with Gasteiger partial charge in [-0.05, 0) is 17.7 Å². The molecule has 0 fully saturated rings. The van der Waals surface area contributed by atoms with Crippen molar-refractivity contribution >= 4 is 41.2 Å². The lowest BCUT2D eigenvalue weighted by Crippen LogP contribution is -2.35. The second-order valence-electron chi connectivity index (χ2n) is 2.95. The van der Waals surface area contributed by atoms with Gasteiger partial charge in [0.25, 0.3) is 0 Å². The summed E-state index contributed by atoms with van der Waals surface area (Å²) in [4.78, 5) is 21.8. The topological polar surface area (TPSA) is 70.6 Å². The number of carbonyl (C=O) groups excluding carboxylic acids is 2. The van der Waals surface area contributed by atoms with Crippen molar-refractivity contribution in [1.29, 1.82) is 0 Å². The van der Waals surface area contributed by atoms with Gasteiger partial charge < -0.3 is 5.32 Å². The van der Waals surface area contributed by atoms with E-state index in [0.717, 1.165) is 0 Å². The number of nitrogens with one attached hydrogen (secondary N) is 2. The molecular formula is C10H9Cl2N3O2. The van der Waals surface area contributed by atoms with Crippen molar-refractivity contribution in [2.45, 2.75) is 0 Å². The van der Waals surface area contributed by atoms with Crippen molar-refractivity contribution in [3.8, 4) is 0 Å². The lowest BCUT2D eigenvalue weighted by molar-refractivity contribution is -0.138. The monoisotopic (exact) mass is 273 g/mol. The average Bonchev–Trinajstić information content (AvgIpc) is 2.32. The van der Waals surface area contributed by atoms with E-state index < -0.39 is 11.8 Å². The standard InChI is InChI=1S/C10H9Cl2N3O2/c1-13-9(16)10(17)15-14-5-6-2-3-7(11)8(12)4-6/h2-5H,1H3,(H,13,16)(H,15,17)/b14-5+. The number of hydrogen-bond donors (Lipinski definition) is 2. The highest BCUT2D eigenvalue weighted by Gasteiger charge is 2.08. The smallest absolute Gasteiger partial charge is 0.329 e. The summed E-state index contributed by atoms with van der Waals surface area (Å²) in [6.45, 7) is 0. The molecule has 2 amide bonds. The number of halogens is 2. The van der Waals surface area contributed by atoms with Gasteiger partial charge in [0.2, 0.25) is 0 Å². The van der Waals surface area contributed by atoms with Crippen molar-refractivity contribution in [2.75, 3.05) is 7.05 Å². The van der Waals surface area contributed by atoms with Gasteiger partial charge in [-0.15, -0.1) is 0 Å². The van der Waals surface area contributed by atoms with E-state index in [0.29, 0.717) is 15.6 Å². The summed E-state index contributed by atoms with van der Waals surface area (Å²) in [5.41, 5.74) is 2.71. The summed E-state index contributed by atoms with van der Waals surface area (Å²) in [6, 6.07) is 4.86. The number of carbonyl (C=O) groups is 2. The minimum absolute atomic E-state index is 0.383. The molecule has 2 N–H and O–H groups in total. The van der Waals surface area contributed by atoms with E-state index in [1.807, 2.05) is 0 Å². The third-order valence-corrected chi connectivity index (χ3v) is 2.50. The molecule has 0 radical (unpaired) electrons. The minimum Gasteiger partial charge on any atom is -0.351 e. The number of hydrazone groups is 1. The maximum atomic E-state index is 11.0. The van der Waals surface area contributed by atoms with Crippen LogP contribution in [0.2, 0.25) is 10.0 Å². The number of amides is 2. The van der Waals surface area contributed by atoms with E-state index in [2.05, 4.69) is 15.8 Å². The third kappa shape index (κ3) is 4.05. The van der Waals surface area contributed by atoms with Crippen LogP contribution in [0.4, 0.5) is 0 Å². The Morgan fingerprint density at radius 1 is 1.24 bits per heavy atom. The van der Waals surface area contributed by atoms with Crippen LogP contribution in [0, 0.1) is 0 Å². The Kier molecular flexibility index (Phi) is 4.93. The van der Waals surface area contributed by atoms with E-state index >= 15 is 0 Å². The summed E-state index contributed by atoms with van der Waals surface area (Å²) in [7, 11) is 1.35. The lowest BCUT2D eigenvalue weighted by Gasteiger charge is -1.98. The van der Waals surface area contributed by atoms with E-state index in [9.17, 15) is 9.59 Å². The molecule has 7 heteroatoms. The third-order valence-electron chi connectivity index (χ3n) is 1.76. The van der Waals surface area contributed by atoms with Gasteiger partial charge in [-0.2, -0.15) is 5.10 Å². The van der Waals surface area contributed by atoms with Gasteiger partial charge in [-0.1, -0.05) is 29.3 Å². The van der Waals surface area contributed by atoms with Crippen molar-refractivity contribution in [3.05, 3.63) is 33.8 Å². The number of nitrogens with zero attached hydrogens (tertiary/aromatic N) is 1. The zero-order valence-electron chi connectivity index (χ0n) is 8.83. The fraction of sp³-hybridized carbons (Fsp3) is 0.100. The quantitative estimate of drug-likeness (QED) is 0.483. The largest absolute Gasteiger partial charge is 0.351 e. The van der Waals surface area contributed by atoms with Crippen LogP contribution in [-0.4, -0.2) is 25.1 Å². The predicted molar refractivity (Wildman–Crippen MR) is 66.3 cm³/mol. The fourth-order valence-corrected chi connectivity index (χ4v) is 1.23. The second kappa shape index (κ2) is 6.22. The molecule has 0 spiro atoms.